The van der Waals surface area contributed by atoms with Gasteiger partial charge in [-0.1, -0.05) is 41.9 Å². The second-order valence-electron chi connectivity index (χ2n) is 6.36. The molecule has 0 aliphatic carbocycles. The van der Waals surface area contributed by atoms with Gasteiger partial charge < -0.3 is 15.0 Å². The molecule has 2 amide bonds. The first-order valence-electron chi connectivity index (χ1n) is 8.22. The van der Waals surface area contributed by atoms with Crippen LogP contribution in [-0.2, 0) is 10.3 Å². The molecule has 2 aromatic rings. The summed E-state index contributed by atoms with van der Waals surface area (Å²) in [7, 11) is 0. The minimum Gasteiger partial charge on any atom is -0.449 e. The fourth-order valence-corrected chi connectivity index (χ4v) is 3.78. The van der Waals surface area contributed by atoms with E-state index < -0.39 is 5.60 Å². The van der Waals surface area contributed by atoms with Gasteiger partial charge in [0.15, 0.2) is 5.60 Å². The van der Waals surface area contributed by atoms with Crippen molar-refractivity contribution >= 4 is 29.3 Å². The fraction of sp³-hybridized carbons (Fsp3) is 0.263. The number of carbonyl (C=O) groups excluding carboxylic acids is 2. The Morgan fingerprint density at radius 1 is 1.16 bits per heavy atom. The maximum absolute atomic E-state index is 12.7. The van der Waals surface area contributed by atoms with E-state index in [1.54, 1.807) is 23.1 Å². The van der Waals surface area contributed by atoms with Crippen LogP contribution in [0, 0.1) is 0 Å². The maximum atomic E-state index is 12.7. The zero-order valence-electron chi connectivity index (χ0n) is 13.5. The Kier molecular flexibility index (Phi) is 3.88. The van der Waals surface area contributed by atoms with Gasteiger partial charge >= 0.3 is 12.0 Å². The number of piperidine rings is 1. The van der Waals surface area contributed by atoms with Crippen LogP contribution in [0.2, 0.25) is 5.02 Å². The normalized spacial score (nSPS) is 21.8. The molecule has 6 heteroatoms. The molecule has 0 bridgehead atoms. The van der Waals surface area contributed by atoms with Crippen LogP contribution in [0.3, 0.4) is 0 Å². The first kappa shape index (κ1) is 16.0. The van der Waals surface area contributed by atoms with Crippen molar-refractivity contribution in [3.05, 3.63) is 64.7 Å². The topological polar surface area (TPSA) is 58.6 Å². The van der Waals surface area contributed by atoms with Crippen LogP contribution in [0.4, 0.5) is 10.5 Å². The number of hydrogen-bond donors (Lipinski definition) is 1. The number of urea groups is 1. The first-order chi connectivity index (χ1) is 12.1. The Hall–Kier alpha value is -2.53. The van der Waals surface area contributed by atoms with E-state index >= 15 is 0 Å². The number of amides is 2. The minimum atomic E-state index is -0.746. The van der Waals surface area contributed by atoms with Crippen molar-refractivity contribution < 1.29 is 14.3 Å². The van der Waals surface area contributed by atoms with Crippen molar-refractivity contribution in [1.29, 1.82) is 0 Å². The number of esters is 1. The second-order valence-corrected chi connectivity index (χ2v) is 6.77. The number of rotatable bonds is 1. The van der Waals surface area contributed by atoms with Crippen LogP contribution in [0.1, 0.15) is 28.8 Å². The SMILES string of the molecule is O=C1OC2(CCCN(C(=O)Nc3ccccc3Cl)C2)c2ccccc21. The minimum absolute atomic E-state index is 0.243. The lowest BCUT2D eigenvalue weighted by Gasteiger charge is -2.39. The monoisotopic (exact) mass is 356 g/mol. The van der Waals surface area contributed by atoms with E-state index in [9.17, 15) is 9.59 Å². The molecule has 2 aliphatic heterocycles. The number of carbonyl (C=O) groups is 2. The van der Waals surface area contributed by atoms with Gasteiger partial charge in [0, 0.05) is 12.1 Å². The molecule has 0 radical (unpaired) electrons. The molecule has 1 fully saturated rings. The molecule has 1 saturated heterocycles. The number of ether oxygens (including phenoxy) is 1. The number of nitrogens with zero attached hydrogens (tertiary/aromatic N) is 1. The van der Waals surface area contributed by atoms with Crippen molar-refractivity contribution in [3.8, 4) is 0 Å². The molecule has 2 heterocycles. The lowest BCUT2D eigenvalue weighted by molar-refractivity contribution is -0.0400. The summed E-state index contributed by atoms with van der Waals surface area (Å²) in [6.45, 7) is 0.948. The number of halogens is 1. The number of likely N-dealkylation sites (tertiary alicyclic amines) is 1. The number of hydrogen-bond acceptors (Lipinski definition) is 3. The zero-order chi connectivity index (χ0) is 17.4. The van der Waals surface area contributed by atoms with Crippen LogP contribution in [0.25, 0.3) is 0 Å². The van der Waals surface area contributed by atoms with E-state index in [-0.39, 0.29) is 12.0 Å². The summed E-state index contributed by atoms with van der Waals surface area (Å²) >= 11 is 6.11. The van der Waals surface area contributed by atoms with Gasteiger partial charge in [0.1, 0.15) is 0 Å². The van der Waals surface area contributed by atoms with Gasteiger partial charge in [-0.2, -0.15) is 0 Å². The average molecular weight is 357 g/mol. The Labute approximate surface area is 150 Å². The van der Waals surface area contributed by atoms with Gasteiger partial charge in [0.05, 0.1) is 22.8 Å². The van der Waals surface area contributed by atoms with Crippen molar-refractivity contribution in [2.24, 2.45) is 0 Å². The molecule has 128 valence electrons. The molecule has 4 rings (SSSR count). The van der Waals surface area contributed by atoms with E-state index in [0.29, 0.717) is 35.8 Å². The van der Waals surface area contributed by atoms with Crippen LogP contribution >= 0.6 is 11.6 Å². The summed E-state index contributed by atoms with van der Waals surface area (Å²) in [5.41, 5.74) is 1.28. The van der Waals surface area contributed by atoms with E-state index in [1.165, 1.54) is 0 Å². The largest absolute Gasteiger partial charge is 0.449 e. The molecule has 25 heavy (non-hydrogen) atoms. The van der Waals surface area contributed by atoms with Crippen LogP contribution in [0.15, 0.2) is 48.5 Å². The number of anilines is 1. The molecule has 1 unspecified atom stereocenters. The molecule has 1 N–H and O–H groups in total. The molecule has 0 saturated carbocycles. The third kappa shape index (κ3) is 2.74. The predicted octanol–water partition coefficient (Wildman–Crippen LogP) is 4.03. The molecule has 1 atom stereocenters. The Balaban J connectivity index is 1.57. The first-order valence-corrected chi connectivity index (χ1v) is 8.60. The van der Waals surface area contributed by atoms with Crippen molar-refractivity contribution in [3.63, 3.8) is 0 Å². The van der Waals surface area contributed by atoms with Gasteiger partial charge in [-0.05, 0) is 31.0 Å². The molecule has 5 nitrogen and oxygen atoms in total. The quantitative estimate of drug-likeness (QED) is 0.785. The van der Waals surface area contributed by atoms with Crippen LogP contribution in [0.5, 0.6) is 0 Å². The molecular formula is C19H17ClN2O3. The highest BCUT2D eigenvalue weighted by molar-refractivity contribution is 6.33. The second kappa shape index (κ2) is 6.08. The average Bonchev–Trinajstić information content (AvgIpc) is 2.89. The van der Waals surface area contributed by atoms with E-state index in [0.717, 1.165) is 12.0 Å². The van der Waals surface area contributed by atoms with Gasteiger partial charge in [0.2, 0.25) is 0 Å². The Bertz CT molecular complexity index is 854. The summed E-state index contributed by atoms with van der Waals surface area (Å²) in [6, 6.07) is 14.3. The highest BCUT2D eigenvalue weighted by Gasteiger charge is 2.48. The van der Waals surface area contributed by atoms with Gasteiger partial charge in [-0.3, -0.25) is 0 Å². The van der Waals surface area contributed by atoms with Gasteiger partial charge in [-0.15, -0.1) is 0 Å². The van der Waals surface area contributed by atoms with Crippen molar-refractivity contribution in [2.75, 3.05) is 18.4 Å². The third-order valence-corrected chi connectivity index (χ3v) is 5.11. The smallest absolute Gasteiger partial charge is 0.339 e. The molecule has 2 aromatic carbocycles. The lowest BCUT2D eigenvalue weighted by atomic mass is 9.85. The highest BCUT2D eigenvalue weighted by atomic mass is 35.5. The summed E-state index contributed by atoms with van der Waals surface area (Å²) in [4.78, 5) is 26.5. The Morgan fingerprint density at radius 3 is 2.76 bits per heavy atom. The fourth-order valence-electron chi connectivity index (χ4n) is 3.60. The summed E-state index contributed by atoms with van der Waals surface area (Å²) in [6.07, 6.45) is 1.48. The number of fused-ring (bicyclic) bond motifs is 2. The summed E-state index contributed by atoms with van der Waals surface area (Å²) in [5, 5.41) is 3.32. The lowest BCUT2D eigenvalue weighted by Crippen LogP contribution is -2.50. The Morgan fingerprint density at radius 2 is 1.92 bits per heavy atom. The number of para-hydroxylation sites is 1. The number of nitrogens with one attached hydrogen (secondary N) is 1. The zero-order valence-corrected chi connectivity index (χ0v) is 14.3. The van der Waals surface area contributed by atoms with E-state index in [1.807, 2.05) is 30.3 Å². The molecular weight excluding hydrogens is 340 g/mol. The van der Waals surface area contributed by atoms with Crippen molar-refractivity contribution in [1.82, 2.24) is 4.90 Å². The van der Waals surface area contributed by atoms with Crippen LogP contribution in [-0.4, -0.2) is 30.0 Å². The maximum Gasteiger partial charge on any atom is 0.339 e. The van der Waals surface area contributed by atoms with Crippen molar-refractivity contribution in [2.45, 2.75) is 18.4 Å². The van der Waals surface area contributed by atoms with Gasteiger partial charge in [0.25, 0.3) is 0 Å². The van der Waals surface area contributed by atoms with Crippen LogP contribution < -0.4 is 5.32 Å². The molecule has 2 aliphatic rings. The highest BCUT2D eigenvalue weighted by Crippen LogP contribution is 2.42. The molecule has 0 aromatic heterocycles. The van der Waals surface area contributed by atoms with Gasteiger partial charge in [-0.25, -0.2) is 9.59 Å². The summed E-state index contributed by atoms with van der Waals surface area (Å²) < 4.78 is 5.73. The number of benzene rings is 2. The summed E-state index contributed by atoms with van der Waals surface area (Å²) in [5.74, 6) is -0.316. The molecule has 1 spiro atoms. The van der Waals surface area contributed by atoms with E-state index in [2.05, 4.69) is 5.32 Å². The third-order valence-electron chi connectivity index (χ3n) is 4.78. The standard InChI is InChI=1S/C19H17ClN2O3/c20-15-8-3-4-9-16(15)21-18(24)22-11-5-10-19(12-22)14-7-2-1-6-13(14)17(23)25-19/h1-4,6-9H,5,10-12H2,(H,21,24). The predicted molar refractivity (Wildman–Crippen MR) is 94.8 cm³/mol. The van der Waals surface area contributed by atoms with E-state index in [4.69, 9.17) is 16.3 Å².